The lowest BCUT2D eigenvalue weighted by atomic mass is 10.1. The van der Waals surface area contributed by atoms with Crippen molar-refractivity contribution < 1.29 is 4.74 Å². The smallest absolute Gasteiger partial charge is 0.269 e. The molecule has 2 rings (SSSR count). The molecular formula is C15H13N3O2S. The topological polar surface area (TPSA) is 81.0 Å². The lowest BCUT2D eigenvalue weighted by molar-refractivity contribution is 0.415. The van der Waals surface area contributed by atoms with Crippen molar-refractivity contribution in [3.05, 3.63) is 52.3 Å². The van der Waals surface area contributed by atoms with Crippen LogP contribution in [0.15, 0.2) is 41.2 Å². The first-order chi connectivity index (χ1) is 10.1. The van der Waals surface area contributed by atoms with Crippen LogP contribution in [0.3, 0.4) is 0 Å². The van der Waals surface area contributed by atoms with Gasteiger partial charge in [0, 0.05) is 5.56 Å². The van der Waals surface area contributed by atoms with Gasteiger partial charge in [-0.05, 0) is 24.3 Å². The number of nitrogens with two attached hydrogens (primary N) is 1. The Hall–Kier alpha value is -2.65. The summed E-state index contributed by atoms with van der Waals surface area (Å²) in [4.78, 5) is 12.5. The Morgan fingerprint density at radius 1 is 1.43 bits per heavy atom. The first-order valence-corrected chi connectivity index (χ1v) is 6.54. The third-order valence-electron chi connectivity index (χ3n) is 2.97. The van der Waals surface area contributed by atoms with Gasteiger partial charge in [-0.25, -0.2) is 0 Å². The molecule has 0 unspecified atom stereocenters. The van der Waals surface area contributed by atoms with Crippen LogP contribution >= 0.6 is 12.2 Å². The lowest BCUT2D eigenvalue weighted by Crippen LogP contribution is -2.29. The number of thiocarbonyl (C=S) groups is 1. The van der Waals surface area contributed by atoms with Crippen molar-refractivity contribution in [3.8, 4) is 23.1 Å². The SMILES string of the molecule is COc1cccc(-c2ccc(C#N)c(=O)n2CC(N)=S)c1. The molecule has 0 aliphatic heterocycles. The minimum Gasteiger partial charge on any atom is -0.497 e. The highest BCUT2D eigenvalue weighted by molar-refractivity contribution is 7.80. The van der Waals surface area contributed by atoms with Crippen molar-refractivity contribution in [1.29, 1.82) is 5.26 Å². The zero-order valence-corrected chi connectivity index (χ0v) is 12.2. The summed E-state index contributed by atoms with van der Waals surface area (Å²) in [5.74, 6) is 0.672. The number of hydrogen-bond acceptors (Lipinski definition) is 4. The zero-order valence-electron chi connectivity index (χ0n) is 11.4. The summed E-state index contributed by atoms with van der Waals surface area (Å²) >= 11 is 4.89. The Balaban J connectivity index is 2.67. The third-order valence-corrected chi connectivity index (χ3v) is 3.10. The summed E-state index contributed by atoms with van der Waals surface area (Å²) in [7, 11) is 1.57. The van der Waals surface area contributed by atoms with E-state index in [0.29, 0.717) is 11.4 Å². The molecule has 0 atom stereocenters. The molecule has 0 fully saturated rings. The molecule has 0 aliphatic carbocycles. The Morgan fingerprint density at radius 2 is 2.19 bits per heavy atom. The van der Waals surface area contributed by atoms with E-state index in [1.54, 1.807) is 19.2 Å². The van der Waals surface area contributed by atoms with Gasteiger partial charge in [-0.1, -0.05) is 24.4 Å². The fourth-order valence-electron chi connectivity index (χ4n) is 2.01. The lowest BCUT2D eigenvalue weighted by Gasteiger charge is -2.13. The summed E-state index contributed by atoms with van der Waals surface area (Å²) in [5.41, 5.74) is 6.61. The minimum absolute atomic E-state index is 0.0536. The Bertz CT molecular complexity index is 790. The van der Waals surface area contributed by atoms with E-state index in [1.807, 2.05) is 24.3 Å². The van der Waals surface area contributed by atoms with Crippen LogP contribution in [0.5, 0.6) is 5.75 Å². The Labute approximate surface area is 127 Å². The maximum Gasteiger partial charge on any atom is 0.269 e. The summed E-state index contributed by atoms with van der Waals surface area (Å²) in [6, 6.07) is 12.3. The highest BCUT2D eigenvalue weighted by Crippen LogP contribution is 2.23. The average Bonchev–Trinajstić information content (AvgIpc) is 2.49. The molecule has 0 spiro atoms. The van der Waals surface area contributed by atoms with Gasteiger partial charge < -0.3 is 15.0 Å². The molecule has 6 heteroatoms. The van der Waals surface area contributed by atoms with Crippen LogP contribution in [-0.2, 0) is 6.54 Å². The first kappa shape index (κ1) is 14.8. The first-order valence-electron chi connectivity index (χ1n) is 6.13. The van der Waals surface area contributed by atoms with Crippen molar-refractivity contribution in [2.75, 3.05) is 7.11 Å². The number of ether oxygens (including phenoxy) is 1. The fraction of sp³-hybridized carbons (Fsp3) is 0.133. The van der Waals surface area contributed by atoms with Crippen LogP contribution in [0.25, 0.3) is 11.3 Å². The highest BCUT2D eigenvalue weighted by Gasteiger charge is 2.11. The summed E-state index contributed by atoms with van der Waals surface area (Å²) in [6.07, 6.45) is 0. The van der Waals surface area contributed by atoms with Crippen molar-refractivity contribution in [2.24, 2.45) is 5.73 Å². The number of benzene rings is 1. The molecular weight excluding hydrogens is 286 g/mol. The maximum absolute atomic E-state index is 12.3. The number of aromatic nitrogens is 1. The second-order valence-corrected chi connectivity index (χ2v) is 4.86. The van der Waals surface area contributed by atoms with Crippen LogP contribution in [0.1, 0.15) is 5.56 Å². The third kappa shape index (κ3) is 3.09. The number of methoxy groups -OCH3 is 1. The Kier molecular flexibility index (Phi) is 4.36. The minimum atomic E-state index is -0.411. The molecule has 0 saturated carbocycles. The van der Waals surface area contributed by atoms with Crippen LogP contribution in [0.2, 0.25) is 0 Å². The normalized spacial score (nSPS) is 9.90. The molecule has 0 aliphatic rings. The second-order valence-electron chi connectivity index (χ2n) is 4.33. The van der Waals surface area contributed by atoms with E-state index in [0.717, 1.165) is 5.56 Å². The van der Waals surface area contributed by atoms with Gasteiger partial charge in [0.2, 0.25) is 0 Å². The van der Waals surface area contributed by atoms with Gasteiger partial charge in [-0.2, -0.15) is 5.26 Å². The van der Waals surface area contributed by atoms with E-state index in [9.17, 15) is 4.79 Å². The second kappa shape index (κ2) is 6.20. The molecule has 106 valence electrons. The van der Waals surface area contributed by atoms with Crippen LogP contribution in [0, 0.1) is 11.3 Å². The molecule has 2 N–H and O–H groups in total. The summed E-state index contributed by atoms with van der Waals surface area (Å²) in [5, 5.41) is 8.97. The zero-order chi connectivity index (χ0) is 15.4. The molecule has 0 saturated heterocycles. The van der Waals surface area contributed by atoms with Crippen LogP contribution < -0.4 is 16.0 Å². The number of nitrogens with zero attached hydrogens (tertiary/aromatic N) is 2. The van der Waals surface area contributed by atoms with E-state index >= 15 is 0 Å². The van der Waals surface area contributed by atoms with Crippen LogP contribution in [0.4, 0.5) is 0 Å². The van der Waals surface area contributed by atoms with Crippen molar-refractivity contribution >= 4 is 17.2 Å². The molecule has 0 bridgehead atoms. The van der Waals surface area contributed by atoms with Gasteiger partial charge in [0.25, 0.3) is 5.56 Å². The Morgan fingerprint density at radius 3 is 2.81 bits per heavy atom. The molecule has 1 heterocycles. The van der Waals surface area contributed by atoms with E-state index < -0.39 is 5.56 Å². The number of nitriles is 1. The quantitative estimate of drug-likeness (QED) is 0.869. The molecule has 21 heavy (non-hydrogen) atoms. The number of pyridine rings is 1. The van der Waals surface area contributed by atoms with Crippen LogP contribution in [-0.4, -0.2) is 16.7 Å². The van der Waals surface area contributed by atoms with Gasteiger partial charge in [0.05, 0.1) is 24.3 Å². The van der Waals surface area contributed by atoms with Gasteiger partial charge in [-0.15, -0.1) is 0 Å². The predicted molar refractivity (Wildman–Crippen MR) is 84.2 cm³/mol. The van der Waals surface area contributed by atoms with Crippen molar-refractivity contribution in [3.63, 3.8) is 0 Å². The van der Waals surface area contributed by atoms with Gasteiger partial charge in [-0.3, -0.25) is 4.79 Å². The average molecular weight is 299 g/mol. The summed E-state index contributed by atoms with van der Waals surface area (Å²) < 4.78 is 6.58. The molecule has 1 aromatic heterocycles. The summed E-state index contributed by atoms with van der Waals surface area (Å²) in [6.45, 7) is 0.0796. The molecule has 0 amide bonds. The van der Waals surface area contributed by atoms with Crippen molar-refractivity contribution in [2.45, 2.75) is 6.54 Å². The van der Waals surface area contributed by atoms with Gasteiger partial charge in [0.15, 0.2) is 0 Å². The molecule has 2 aromatic rings. The number of rotatable bonds is 4. The molecule has 0 radical (unpaired) electrons. The van der Waals surface area contributed by atoms with E-state index in [-0.39, 0.29) is 17.1 Å². The van der Waals surface area contributed by atoms with E-state index in [2.05, 4.69) is 0 Å². The standard InChI is InChI=1S/C15H13N3O2S/c1-20-12-4-2-3-10(7-12)13-6-5-11(8-16)15(19)18(13)9-14(17)21/h2-7H,9H2,1H3,(H2,17,21). The van der Waals surface area contributed by atoms with Crippen molar-refractivity contribution in [1.82, 2.24) is 4.57 Å². The van der Waals surface area contributed by atoms with Gasteiger partial charge in [0.1, 0.15) is 17.4 Å². The molecule has 1 aromatic carbocycles. The van der Waals surface area contributed by atoms with E-state index in [4.69, 9.17) is 28.0 Å². The predicted octanol–water partition coefficient (Wildman–Crippen LogP) is 1.68. The number of hydrogen-bond donors (Lipinski definition) is 1. The van der Waals surface area contributed by atoms with Gasteiger partial charge >= 0.3 is 0 Å². The largest absolute Gasteiger partial charge is 0.497 e. The van der Waals surface area contributed by atoms with E-state index in [1.165, 1.54) is 10.6 Å². The maximum atomic E-state index is 12.3. The highest BCUT2D eigenvalue weighted by atomic mass is 32.1. The molecule has 5 nitrogen and oxygen atoms in total. The monoisotopic (exact) mass is 299 g/mol. The fourth-order valence-corrected chi connectivity index (χ4v) is 2.14.